The minimum absolute atomic E-state index is 0.398. The third kappa shape index (κ3) is 2.80. The minimum Gasteiger partial charge on any atom is -0.398 e. The summed E-state index contributed by atoms with van der Waals surface area (Å²) in [5.74, 6) is 0.398. The van der Waals surface area contributed by atoms with Gasteiger partial charge in [-0.2, -0.15) is 0 Å². The molecule has 0 aromatic heterocycles. The van der Waals surface area contributed by atoms with Crippen LogP contribution in [0.15, 0.2) is 66.7 Å². The van der Waals surface area contributed by atoms with Crippen molar-refractivity contribution in [2.45, 2.75) is 19.8 Å². The zero-order chi connectivity index (χ0) is 16.4. The average molecular weight is 302 g/mol. The van der Waals surface area contributed by atoms with E-state index in [2.05, 4.69) is 44.2 Å². The number of anilines is 2. The Morgan fingerprint density at radius 1 is 0.609 bits per heavy atom. The Bertz CT molecular complexity index is 835. The molecule has 0 spiro atoms. The molecule has 0 bridgehead atoms. The second-order valence-electron chi connectivity index (χ2n) is 6.10. The van der Waals surface area contributed by atoms with Crippen LogP contribution in [0.5, 0.6) is 0 Å². The van der Waals surface area contributed by atoms with Gasteiger partial charge in [0.1, 0.15) is 0 Å². The van der Waals surface area contributed by atoms with Crippen molar-refractivity contribution >= 4 is 11.4 Å². The van der Waals surface area contributed by atoms with Crippen LogP contribution in [0.4, 0.5) is 11.4 Å². The number of para-hydroxylation sites is 2. The van der Waals surface area contributed by atoms with E-state index in [-0.39, 0.29) is 0 Å². The molecule has 4 N–H and O–H groups in total. The number of benzene rings is 3. The molecule has 0 saturated carbocycles. The number of rotatable bonds is 3. The third-order valence-electron chi connectivity index (χ3n) is 4.20. The molecule has 0 fully saturated rings. The molecule has 2 nitrogen and oxygen atoms in total. The van der Waals surface area contributed by atoms with E-state index in [0.29, 0.717) is 5.92 Å². The zero-order valence-corrected chi connectivity index (χ0v) is 13.6. The molecule has 0 aliphatic heterocycles. The highest BCUT2D eigenvalue weighted by molar-refractivity contribution is 5.93. The molecule has 23 heavy (non-hydrogen) atoms. The van der Waals surface area contributed by atoms with E-state index >= 15 is 0 Å². The topological polar surface area (TPSA) is 52.0 Å². The first-order valence-corrected chi connectivity index (χ1v) is 7.92. The summed E-state index contributed by atoms with van der Waals surface area (Å²) in [6.07, 6.45) is 0. The van der Waals surface area contributed by atoms with Crippen molar-refractivity contribution in [1.29, 1.82) is 0 Å². The van der Waals surface area contributed by atoms with E-state index < -0.39 is 0 Å². The van der Waals surface area contributed by atoms with Crippen molar-refractivity contribution in [1.82, 2.24) is 0 Å². The lowest BCUT2D eigenvalue weighted by Crippen LogP contribution is -1.99. The summed E-state index contributed by atoms with van der Waals surface area (Å²) in [7, 11) is 0. The van der Waals surface area contributed by atoms with Gasteiger partial charge in [0.05, 0.1) is 0 Å². The average Bonchev–Trinajstić information content (AvgIpc) is 2.55. The van der Waals surface area contributed by atoms with Crippen LogP contribution in [0, 0.1) is 0 Å². The van der Waals surface area contributed by atoms with Gasteiger partial charge in [0.25, 0.3) is 0 Å². The van der Waals surface area contributed by atoms with E-state index in [4.69, 9.17) is 11.5 Å². The maximum Gasteiger partial charge on any atom is 0.0394 e. The lowest BCUT2D eigenvalue weighted by molar-refractivity contribution is 0.869. The standard InChI is InChI=1S/C21H22N2/c1-14(2)15-10-7-11-17(16-8-3-5-12-19(16)22)21(15)18-9-4-6-13-20(18)23/h3-14H,22-23H2,1-2H3. The zero-order valence-electron chi connectivity index (χ0n) is 13.6. The van der Waals surface area contributed by atoms with Crippen molar-refractivity contribution in [2.75, 3.05) is 11.5 Å². The van der Waals surface area contributed by atoms with Crippen LogP contribution < -0.4 is 11.5 Å². The molecule has 2 heteroatoms. The SMILES string of the molecule is CC(C)c1cccc(-c2ccccc2N)c1-c1ccccc1N. The van der Waals surface area contributed by atoms with Gasteiger partial charge in [0.15, 0.2) is 0 Å². The molecular weight excluding hydrogens is 280 g/mol. The Balaban J connectivity index is 2.36. The molecular formula is C21H22N2. The Kier molecular flexibility index (Phi) is 4.07. The van der Waals surface area contributed by atoms with Crippen LogP contribution in [0.3, 0.4) is 0 Å². The number of hydrogen-bond donors (Lipinski definition) is 2. The van der Waals surface area contributed by atoms with Crippen molar-refractivity contribution in [2.24, 2.45) is 0 Å². The summed E-state index contributed by atoms with van der Waals surface area (Å²) in [6, 6.07) is 22.4. The lowest BCUT2D eigenvalue weighted by Gasteiger charge is -2.20. The first-order valence-electron chi connectivity index (χ1n) is 7.92. The number of nitrogens with two attached hydrogens (primary N) is 2. The van der Waals surface area contributed by atoms with Crippen LogP contribution in [0.2, 0.25) is 0 Å². The van der Waals surface area contributed by atoms with Crippen LogP contribution >= 0.6 is 0 Å². The summed E-state index contributed by atoms with van der Waals surface area (Å²) in [5.41, 5.74) is 19.8. The van der Waals surface area contributed by atoms with Crippen LogP contribution in [0.25, 0.3) is 22.3 Å². The Morgan fingerprint density at radius 3 is 1.70 bits per heavy atom. The van der Waals surface area contributed by atoms with Gasteiger partial charge in [0, 0.05) is 22.5 Å². The molecule has 3 aromatic carbocycles. The molecule has 116 valence electrons. The molecule has 0 atom stereocenters. The largest absolute Gasteiger partial charge is 0.398 e. The summed E-state index contributed by atoms with van der Waals surface area (Å²) >= 11 is 0. The summed E-state index contributed by atoms with van der Waals surface area (Å²) in [6.45, 7) is 4.41. The second-order valence-corrected chi connectivity index (χ2v) is 6.10. The van der Waals surface area contributed by atoms with Crippen molar-refractivity contribution in [3.05, 3.63) is 72.3 Å². The molecule has 0 unspecified atom stereocenters. The molecule has 0 saturated heterocycles. The molecule has 0 aliphatic carbocycles. The summed E-state index contributed by atoms with van der Waals surface area (Å²) in [5, 5.41) is 0. The van der Waals surface area contributed by atoms with Crippen LogP contribution in [-0.4, -0.2) is 0 Å². The molecule has 3 rings (SSSR count). The molecule has 3 aromatic rings. The molecule has 0 amide bonds. The van der Waals surface area contributed by atoms with Crippen molar-refractivity contribution < 1.29 is 0 Å². The van der Waals surface area contributed by atoms with E-state index in [1.54, 1.807) is 0 Å². The molecule has 0 aliphatic rings. The van der Waals surface area contributed by atoms with Gasteiger partial charge in [-0.15, -0.1) is 0 Å². The molecule has 0 heterocycles. The first kappa shape index (κ1) is 15.2. The Morgan fingerprint density at radius 2 is 1.13 bits per heavy atom. The maximum absolute atomic E-state index is 6.28. The fraction of sp³-hybridized carbons (Fsp3) is 0.143. The first-order chi connectivity index (χ1) is 11.1. The van der Waals surface area contributed by atoms with Gasteiger partial charge >= 0.3 is 0 Å². The molecule has 0 radical (unpaired) electrons. The van der Waals surface area contributed by atoms with Crippen LogP contribution in [-0.2, 0) is 0 Å². The summed E-state index contributed by atoms with van der Waals surface area (Å²) in [4.78, 5) is 0. The lowest BCUT2D eigenvalue weighted by atomic mass is 9.85. The van der Waals surface area contributed by atoms with E-state index in [1.165, 1.54) is 11.1 Å². The number of nitrogen functional groups attached to an aromatic ring is 2. The highest BCUT2D eigenvalue weighted by Crippen LogP contribution is 2.41. The highest BCUT2D eigenvalue weighted by Gasteiger charge is 2.17. The van der Waals surface area contributed by atoms with Gasteiger partial charge in [-0.25, -0.2) is 0 Å². The number of hydrogen-bond acceptors (Lipinski definition) is 2. The monoisotopic (exact) mass is 302 g/mol. The van der Waals surface area contributed by atoms with Gasteiger partial charge in [-0.3, -0.25) is 0 Å². The van der Waals surface area contributed by atoms with Gasteiger partial charge in [-0.05, 0) is 34.7 Å². The highest BCUT2D eigenvalue weighted by atomic mass is 14.6. The van der Waals surface area contributed by atoms with Gasteiger partial charge in [0.2, 0.25) is 0 Å². The van der Waals surface area contributed by atoms with E-state index in [0.717, 1.165) is 28.1 Å². The van der Waals surface area contributed by atoms with E-state index in [1.807, 2.05) is 36.4 Å². The minimum atomic E-state index is 0.398. The fourth-order valence-electron chi connectivity index (χ4n) is 3.04. The predicted octanol–water partition coefficient (Wildman–Crippen LogP) is 5.31. The second kappa shape index (κ2) is 6.17. The van der Waals surface area contributed by atoms with Crippen LogP contribution in [0.1, 0.15) is 25.3 Å². The van der Waals surface area contributed by atoms with Gasteiger partial charge < -0.3 is 11.5 Å². The van der Waals surface area contributed by atoms with E-state index in [9.17, 15) is 0 Å². The maximum atomic E-state index is 6.28. The van der Waals surface area contributed by atoms with Crippen molar-refractivity contribution in [3.8, 4) is 22.3 Å². The summed E-state index contributed by atoms with van der Waals surface area (Å²) < 4.78 is 0. The predicted molar refractivity (Wildman–Crippen MR) is 100 cm³/mol. The Hall–Kier alpha value is -2.74. The van der Waals surface area contributed by atoms with Gasteiger partial charge in [-0.1, -0.05) is 68.4 Å². The smallest absolute Gasteiger partial charge is 0.0394 e. The van der Waals surface area contributed by atoms with Crippen molar-refractivity contribution in [3.63, 3.8) is 0 Å². The third-order valence-corrected chi connectivity index (χ3v) is 4.20. The fourth-order valence-corrected chi connectivity index (χ4v) is 3.04. The quantitative estimate of drug-likeness (QED) is 0.644. The Labute approximate surface area is 137 Å². The normalized spacial score (nSPS) is 10.9.